The molecule has 2 heterocycles. The molecule has 0 bridgehead atoms. The molecule has 3 aromatic carbocycles. The SMILES string of the molecule is COc1cccc(C(=O)N2CC(N(CCc3ccccc3)Cc3ccc(F)cc3)CC2C(=O)N2CCCNCC2)c1. The fraction of sp³-hybridized carbons (Fsp3) is 0.394. The molecular formula is C33H39FN4O3. The second-order valence-electron chi connectivity index (χ2n) is 10.9. The lowest BCUT2D eigenvalue weighted by molar-refractivity contribution is -0.135. The molecule has 8 heteroatoms. The van der Waals surface area contributed by atoms with Crippen molar-refractivity contribution in [2.45, 2.75) is 37.9 Å². The standard InChI is InChI=1S/C33H39FN4O3/c1-41-30-10-5-9-27(21-30)32(39)38-24-29(22-31(38)33(40)36-18-6-16-35-17-20-36)37(19-15-25-7-3-2-4-8-25)23-26-11-13-28(34)14-12-26/h2-5,7-14,21,29,31,35H,6,15-20,22-24H2,1H3. The molecule has 2 aliphatic rings. The summed E-state index contributed by atoms with van der Waals surface area (Å²) in [7, 11) is 1.58. The Bertz CT molecular complexity index is 1300. The van der Waals surface area contributed by atoms with Gasteiger partial charge in [0, 0.05) is 50.9 Å². The second kappa shape index (κ2) is 13.7. The minimum absolute atomic E-state index is 0.0113. The molecule has 0 spiro atoms. The number of nitrogens with zero attached hydrogens (tertiary/aromatic N) is 3. The molecule has 2 saturated heterocycles. The van der Waals surface area contributed by atoms with E-state index >= 15 is 0 Å². The molecule has 0 aliphatic carbocycles. The summed E-state index contributed by atoms with van der Waals surface area (Å²) in [5, 5.41) is 3.36. The fourth-order valence-corrected chi connectivity index (χ4v) is 5.87. The first-order valence-electron chi connectivity index (χ1n) is 14.5. The van der Waals surface area contributed by atoms with Crippen molar-refractivity contribution in [1.29, 1.82) is 0 Å². The summed E-state index contributed by atoms with van der Waals surface area (Å²) in [6, 6.07) is 23.4. The molecule has 41 heavy (non-hydrogen) atoms. The van der Waals surface area contributed by atoms with Crippen LogP contribution in [0, 0.1) is 5.82 Å². The number of likely N-dealkylation sites (tertiary alicyclic amines) is 1. The van der Waals surface area contributed by atoms with Crippen LogP contribution in [0.5, 0.6) is 5.75 Å². The molecule has 0 saturated carbocycles. The van der Waals surface area contributed by atoms with E-state index in [0.29, 0.717) is 43.9 Å². The Labute approximate surface area is 241 Å². The van der Waals surface area contributed by atoms with E-state index in [1.165, 1.54) is 17.7 Å². The summed E-state index contributed by atoms with van der Waals surface area (Å²) in [5.74, 6) is 0.187. The van der Waals surface area contributed by atoms with Crippen molar-refractivity contribution in [2.24, 2.45) is 0 Å². The Morgan fingerprint density at radius 3 is 2.56 bits per heavy atom. The molecule has 2 amide bonds. The predicted molar refractivity (Wildman–Crippen MR) is 157 cm³/mol. The van der Waals surface area contributed by atoms with Crippen molar-refractivity contribution in [1.82, 2.24) is 20.0 Å². The van der Waals surface area contributed by atoms with E-state index in [4.69, 9.17) is 4.74 Å². The zero-order valence-corrected chi connectivity index (χ0v) is 23.7. The summed E-state index contributed by atoms with van der Waals surface area (Å²) in [6.07, 6.45) is 2.27. The van der Waals surface area contributed by atoms with Crippen molar-refractivity contribution < 1.29 is 18.7 Å². The van der Waals surface area contributed by atoms with Gasteiger partial charge in [-0.15, -0.1) is 0 Å². The molecule has 0 aromatic heterocycles. The topological polar surface area (TPSA) is 65.1 Å². The Morgan fingerprint density at radius 2 is 1.78 bits per heavy atom. The van der Waals surface area contributed by atoms with Gasteiger partial charge in [-0.3, -0.25) is 14.5 Å². The van der Waals surface area contributed by atoms with Crippen LogP contribution < -0.4 is 10.1 Å². The van der Waals surface area contributed by atoms with Gasteiger partial charge in [-0.2, -0.15) is 0 Å². The van der Waals surface area contributed by atoms with Crippen LogP contribution in [0.25, 0.3) is 0 Å². The van der Waals surface area contributed by atoms with E-state index < -0.39 is 6.04 Å². The molecule has 2 atom stereocenters. The predicted octanol–water partition coefficient (Wildman–Crippen LogP) is 3.98. The van der Waals surface area contributed by atoms with Gasteiger partial charge < -0.3 is 19.9 Å². The largest absolute Gasteiger partial charge is 0.497 e. The third-order valence-corrected chi connectivity index (χ3v) is 8.14. The quantitative estimate of drug-likeness (QED) is 0.431. The first-order valence-corrected chi connectivity index (χ1v) is 14.5. The van der Waals surface area contributed by atoms with Crippen LogP contribution >= 0.6 is 0 Å². The van der Waals surface area contributed by atoms with E-state index in [2.05, 4.69) is 22.3 Å². The maximum atomic E-state index is 14.0. The smallest absolute Gasteiger partial charge is 0.254 e. The summed E-state index contributed by atoms with van der Waals surface area (Å²) < 4.78 is 19.1. The first kappa shape index (κ1) is 28.8. The van der Waals surface area contributed by atoms with E-state index in [1.807, 2.05) is 41.3 Å². The maximum Gasteiger partial charge on any atom is 0.254 e. The minimum atomic E-state index is -0.552. The number of methoxy groups -OCH3 is 1. The number of hydrogen-bond donors (Lipinski definition) is 1. The van der Waals surface area contributed by atoms with Crippen LogP contribution in [0.4, 0.5) is 4.39 Å². The molecular weight excluding hydrogens is 519 g/mol. The molecule has 5 rings (SSSR count). The molecule has 2 aliphatic heterocycles. The van der Waals surface area contributed by atoms with Crippen molar-refractivity contribution in [3.05, 3.63) is 101 Å². The number of nitrogens with one attached hydrogen (secondary N) is 1. The molecule has 0 radical (unpaired) electrons. The number of amides is 2. The van der Waals surface area contributed by atoms with Crippen LogP contribution in [0.2, 0.25) is 0 Å². The molecule has 3 aromatic rings. The number of halogens is 1. The molecule has 2 unspecified atom stereocenters. The van der Waals surface area contributed by atoms with Gasteiger partial charge in [0.2, 0.25) is 5.91 Å². The van der Waals surface area contributed by atoms with Gasteiger partial charge in [-0.25, -0.2) is 4.39 Å². The van der Waals surface area contributed by atoms with Gasteiger partial charge in [0.15, 0.2) is 0 Å². The molecule has 216 valence electrons. The zero-order valence-electron chi connectivity index (χ0n) is 23.7. The maximum absolute atomic E-state index is 14.0. The third-order valence-electron chi connectivity index (χ3n) is 8.14. The highest BCUT2D eigenvalue weighted by Crippen LogP contribution is 2.28. The van der Waals surface area contributed by atoms with Gasteiger partial charge in [0.1, 0.15) is 17.6 Å². The number of ether oxygens (including phenoxy) is 1. The average Bonchev–Trinajstić information content (AvgIpc) is 3.27. The molecule has 2 fully saturated rings. The highest BCUT2D eigenvalue weighted by molar-refractivity contribution is 5.98. The van der Waals surface area contributed by atoms with Crippen molar-refractivity contribution in [3.8, 4) is 5.75 Å². The van der Waals surface area contributed by atoms with E-state index in [0.717, 1.165) is 38.0 Å². The number of rotatable bonds is 9. The highest BCUT2D eigenvalue weighted by Gasteiger charge is 2.43. The number of hydrogen-bond acceptors (Lipinski definition) is 5. The van der Waals surface area contributed by atoms with Gasteiger partial charge in [-0.1, -0.05) is 48.5 Å². The summed E-state index contributed by atoms with van der Waals surface area (Å²) in [5.41, 5.74) is 2.73. The second-order valence-corrected chi connectivity index (χ2v) is 10.9. The number of carbonyl (C=O) groups is 2. The summed E-state index contributed by atoms with van der Waals surface area (Å²) >= 11 is 0. The van der Waals surface area contributed by atoms with Gasteiger partial charge in [0.05, 0.1) is 7.11 Å². The van der Waals surface area contributed by atoms with Crippen molar-refractivity contribution in [2.75, 3.05) is 46.4 Å². The van der Waals surface area contributed by atoms with Crippen LogP contribution in [-0.4, -0.2) is 85.0 Å². The van der Waals surface area contributed by atoms with Crippen molar-refractivity contribution >= 4 is 11.8 Å². The van der Waals surface area contributed by atoms with E-state index in [9.17, 15) is 14.0 Å². The van der Waals surface area contributed by atoms with Gasteiger partial charge >= 0.3 is 0 Å². The summed E-state index contributed by atoms with van der Waals surface area (Å²) in [6.45, 7) is 4.74. The zero-order chi connectivity index (χ0) is 28.6. The Balaban J connectivity index is 1.42. The molecule has 7 nitrogen and oxygen atoms in total. The van der Waals surface area contributed by atoms with Crippen molar-refractivity contribution in [3.63, 3.8) is 0 Å². The van der Waals surface area contributed by atoms with E-state index in [1.54, 1.807) is 30.2 Å². The molecule has 1 N–H and O–H groups in total. The van der Waals surface area contributed by atoms with Crippen LogP contribution in [0.3, 0.4) is 0 Å². The Kier molecular flexibility index (Phi) is 9.64. The Morgan fingerprint density at radius 1 is 0.976 bits per heavy atom. The van der Waals surface area contributed by atoms with Gasteiger partial charge in [0.25, 0.3) is 5.91 Å². The van der Waals surface area contributed by atoms with Crippen LogP contribution in [0.15, 0.2) is 78.9 Å². The van der Waals surface area contributed by atoms with E-state index in [-0.39, 0.29) is 23.7 Å². The third kappa shape index (κ3) is 7.31. The van der Waals surface area contributed by atoms with Crippen LogP contribution in [0.1, 0.15) is 34.3 Å². The average molecular weight is 559 g/mol. The summed E-state index contributed by atoms with van der Waals surface area (Å²) in [4.78, 5) is 34.0. The monoisotopic (exact) mass is 558 g/mol. The fourth-order valence-electron chi connectivity index (χ4n) is 5.87. The number of carbonyl (C=O) groups excluding carboxylic acids is 2. The Hall–Kier alpha value is -3.75. The first-order chi connectivity index (χ1) is 20.0. The lowest BCUT2D eigenvalue weighted by Gasteiger charge is -2.29. The lowest BCUT2D eigenvalue weighted by atomic mass is 10.1. The lowest BCUT2D eigenvalue weighted by Crippen LogP contribution is -2.48. The van der Waals surface area contributed by atoms with Gasteiger partial charge in [-0.05, 0) is 67.3 Å². The highest BCUT2D eigenvalue weighted by atomic mass is 19.1. The number of benzene rings is 3. The minimum Gasteiger partial charge on any atom is -0.497 e. The normalized spacial score (nSPS) is 19.3. The van der Waals surface area contributed by atoms with Crippen LogP contribution in [-0.2, 0) is 17.8 Å².